The molecule has 506 valence electrons. The second-order valence-electron chi connectivity index (χ2n) is 19.0. The fourth-order valence-corrected chi connectivity index (χ4v) is 11.8. The van der Waals surface area contributed by atoms with E-state index in [-0.39, 0.29) is 147 Å². The quantitative estimate of drug-likeness (QED) is 0.0163. The van der Waals surface area contributed by atoms with E-state index in [1.54, 1.807) is 55.6 Å². The van der Waals surface area contributed by atoms with E-state index in [2.05, 4.69) is 166 Å². The number of furan rings is 1. The molecule has 29 heteroatoms. The average molecular weight is 2020 g/mol. The normalized spacial score (nSPS) is 9.73. The van der Waals surface area contributed by atoms with Crippen LogP contribution in [-0.2, 0) is 9.68 Å². The minimum Gasteiger partial charge on any atom is -1.00 e. The zero-order valence-electron chi connectivity index (χ0n) is 54.0. The summed E-state index contributed by atoms with van der Waals surface area (Å²) in [7, 11) is 4.46. The summed E-state index contributed by atoms with van der Waals surface area (Å²) in [5.74, 6) is 0.497. The number of hydrogen-bond donors (Lipinski definition) is 3. The van der Waals surface area contributed by atoms with Crippen LogP contribution in [0.15, 0.2) is 245 Å². The minimum absolute atomic E-state index is 0. The molecule has 0 aliphatic carbocycles. The van der Waals surface area contributed by atoms with Crippen LogP contribution in [0.1, 0.15) is 8.35 Å². The topological polar surface area (TPSA) is 154 Å². The van der Waals surface area contributed by atoms with Gasteiger partial charge in [0.15, 0.2) is 0 Å². The number of carbonyl (C=O) groups is 1. The number of aromatic hydroxyl groups is 1. The Bertz CT molecular complexity index is 4720. The Balaban J connectivity index is 0.000000599. The molecule has 10 nitrogen and oxygen atoms in total. The Kier molecular flexibility index (Phi) is 46.9. The van der Waals surface area contributed by atoms with Crippen LogP contribution in [0.25, 0.3) is 87.3 Å². The molecule has 0 saturated carbocycles. The van der Waals surface area contributed by atoms with Gasteiger partial charge < -0.3 is 40.6 Å². The zero-order chi connectivity index (χ0) is 70.4. The predicted octanol–water partition coefficient (Wildman–Crippen LogP) is 17.4. The third-order valence-electron chi connectivity index (χ3n) is 13.1. The largest absolute Gasteiger partial charge is 1.00 e. The predicted molar refractivity (Wildman–Crippen MR) is 430 cm³/mol. The maximum Gasteiger partial charge on any atom is 1.00 e. The van der Waals surface area contributed by atoms with E-state index in [1.807, 2.05) is 145 Å². The van der Waals surface area contributed by atoms with Gasteiger partial charge >= 0.3 is 113 Å². The van der Waals surface area contributed by atoms with E-state index in [0.29, 0.717) is 43.8 Å². The van der Waals surface area contributed by atoms with Gasteiger partial charge in [-0.2, -0.15) is 0 Å². The van der Waals surface area contributed by atoms with Crippen LogP contribution in [0.3, 0.4) is 0 Å². The van der Waals surface area contributed by atoms with Gasteiger partial charge in [0.05, 0.1) is 19.1 Å². The second-order valence-corrected chi connectivity index (χ2v) is 31.5. The first-order chi connectivity index (χ1) is 46.1. The van der Waals surface area contributed by atoms with Gasteiger partial charge in [-0.3, -0.25) is 14.2 Å². The van der Waals surface area contributed by atoms with Crippen LogP contribution in [0.4, 0.5) is 17.9 Å². The Morgan fingerprint density at radius 2 is 0.960 bits per heavy atom. The molecule has 0 unspecified atom stereocenters. The fourth-order valence-electron chi connectivity index (χ4n) is 9.44. The van der Waals surface area contributed by atoms with Crippen molar-refractivity contribution in [1.82, 2.24) is 0 Å². The van der Waals surface area contributed by atoms with Crippen molar-refractivity contribution in [3.05, 3.63) is 257 Å². The zero-order valence-corrected chi connectivity index (χ0v) is 75.0. The molecule has 0 amide bonds. The molecule has 12 aromatic carbocycles. The third kappa shape index (κ3) is 28.7. The molecule has 3 N–H and O–H groups in total. The molecule has 13 aromatic rings. The summed E-state index contributed by atoms with van der Waals surface area (Å²) in [4.78, 5) is 11.2. The molecule has 0 bridgehead atoms. The number of carbonyl (C=O) groups excluding carboxylic acids is 1. The Morgan fingerprint density at radius 1 is 0.586 bits per heavy atom. The van der Waals surface area contributed by atoms with Crippen molar-refractivity contribution < 1.29 is 166 Å². The molecule has 13 rings (SSSR count). The number of methoxy groups -OCH3 is 1. The summed E-state index contributed by atoms with van der Waals surface area (Å²) in [5, 5.41) is 47.8. The molecule has 99 heavy (non-hydrogen) atoms. The van der Waals surface area contributed by atoms with Gasteiger partial charge in [0, 0.05) is 67.0 Å². The van der Waals surface area contributed by atoms with E-state index >= 15 is 0 Å². The summed E-state index contributed by atoms with van der Waals surface area (Å²) in [6.07, 6.45) is 0. The van der Waals surface area contributed by atoms with E-state index in [0.717, 1.165) is 72.3 Å². The van der Waals surface area contributed by atoms with Gasteiger partial charge in [-0.1, -0.05) is 185 Å². The molecular formula is C70H56B2Br7Cl2F4IK2NO9P. The number of benzene rings is 12. The van der Waals surface area contributed by atoms with E-state index in [9.17, 15) is 28.3 Å². The number of ether oxygens (including phenoxy) is 2. The molecule has 0 aliphatic heterocycles. The van der Waals surface area contributed by atoms with Crippen molar-refractivity contribution in [2.45, 2.75) is 6.92 Å². The summed E-state index contributed by atoms with van der Waals surface area (Å²) in [6.45, 7) is 2.29. The number of halogens is 14. The van der Waals surface area contributed by atoms with Gasteiger partial charge in [0.1, 0.15) is 45.9 Å². The van der Waals surface area contributed by atoms with Crippen molar-refractivity contribution >= 4 is 253 Å². The van der Waals surface area contributed by atoms with Crippen molar-refractivity contribution in [1.29, 1.82) is 0 Å². The third-order valence-corrected chi connectivity index (χ3v) is 15.9. The van der Waals surface area contributed by atoms with Gasteiger partial charge in [-0.25, -0.2) is 13.2 Å². The number of rotatable bonds is 7. The summed E-state index contributed by atoms with van der Waals surface area (Å²) < 4.78 is 65.3. The molecule has 1 aromatic heterocycles. The Morgan fingerprint density at radius 3 is 1.42 bits per heavy atom. The minimum atomic E-state index is -1.52. The maximum absolute atomic E-state index is 14.3. The molecule has 0 atom stereocenters. The average Bonchev–Trinajstić information content (AvgIpc) is 1.46. The molecule has 1 heterocycles. The number of fused-ring (bicyclic) bond motifs is 8. The van der Waals surface area contributed by atoms with Crippen molar-refractivity contribution in [3.8, 4) is 39.5 Å². The summed E-state index contributed by atoms with van der Waals surface area (Å²) >= 11 is 34.3. The van der Waals surface area contributed by atoms with Crippen LogP contribution in [-0.4, -0.2) is 58.0 Å². The maximum atomic E-state index is 14.3. The van der Waals surface area contributed by atoms with Crippen LogP contribution >= 0.6 is 166 Å². The van der Waals surface area contributed by atoms with Crippen LogP contribution in [0, 0.1) is 21.0 Å². The molecule has 0 saturated heterocycles. The smallest absolute Gasteiger partial charge is 1.00 e. The van der Waals surface area contributed by atoms with Crippen LogP contribution in [0.2, 0.25) is 0 Å². The number of phenolic OH excluding ortho intramolecular Hbond substituents is 1. The summed E-state index contributed by atoms with van der Waals surface area (Å²) in [6, 6.07) is 67.2. The van der Waals surface area contributed by atoms with E-state index in [4.69, 9.17) is 47.1 Å². The standard InChI is InChI=1S/C18H14BrFO.C16H10BrFO.C16H9BrO.C11H11BO3.C6H3BrFI.CH2Cl2.CH4NP.CH2O3.BBr3.FH.2K.H/c1-2-21-17-10-7-12-5-3-4-6-14(12)18(17)15-11-13(19)8-9-16(15)20;17-11-6-7-14(18)13(9-11)16-12-4-2-1-3-10(12)5-8-15(16)19;17-11-6-8-14-13(9-11)16-12-4-2-1-3-10(12)5-7-15(16)18-14;1-15-10-7-6-8-4-2-3-5-9(8)11(10)12(13)14;7-4-1-2-5(8)6(9)3-4;2-1-3;1-2-3;2-1-4-3;2-1(3)4;;;;/h3-11H,2H2,1H3;1-9,19H;1-9H;2-7,13-14H,1H3;1-3H;1H2;3H,1H3;1,3H;;1H;;;/q;;;;;;;;;;2*+1;-1/p-1. The number of nitrogens with zero attached hydrogens (tertiary/aromatic N) is 1. The van der Waals surface area contributed by atoms with E-state index in [1.165, 1.54) is 41.5 Å². The second kappa shape index (κ2) is 49.8. The molecule has 0 radical (unpaired) electrons. The van der Waals surface area contributed by atoms with Gasteiger partial charge in [0.2, 0.25) is 0 Å². The number of phenols is 1. The van der Waals surface area contributed by atoms with Gasteiger partial charge in [-0.15, -0.1) is 70.5 Å². The number of hydrogen-bond acceptors (Lipinski definition) is 10. The molecular weight excluding hydrogens is 1960 g/mol. The summed E-state index contributed by atoms with van der Waals surface area (Å²) in [5.41, 5.74) is 4.56. The van der Waals surface area contributed by atoms with Crippen LogP contribution in [0.5, 0.6) is 17.2 Å². The first-order valence-corrected chi connectivity index (χ1v) is 36.4. The number of alkyl halides is 2. The van der Waals surface area contributed by atoms with Crippen molar-refractivity contribution in [2.75, 3.05) is 26.1 Å². The molecule has 0 fully saturated rings. The Hall–Kier alpha value is -1.88. The SMILES string of the molecule is BrB(Br)Br.Brc1ccc2oc3ccc4ccccc4c3c2c1.CCOc1ccc2ccccc2c1-c1cc(Br)ccc1F.CN=P.COc1ccc2ccccc2c1B(O)O.ClCCl.F.Fc1ccc(Br)cc1I.O=CO[O-].Oc1ccc2ccccc2c1-c1cc(Br)ccc1F.[H-].[K+].[K+]. The molecule has 0 aliphatic rings. The fraction of sp³-hybridized carbons (Fsp3) is 0.0714. The van der Waals surface area contributed by atoms with Crippen molar-refractivity contribution in [2.24, 2.45) is 4.74 Å². The molecule has 0 spiro atoms. The van der Waals surface area contributed by atoms with Crippen LogP contribution < -0.4 is 123 Å². The van der Waals surface area contributed by atoms with E-state index < -0.39 is 7.12 Å². The first kappa shape index (κ1) is 93.2. The van der Waals surface area contributed by atoms with Gasteiger partial charge in [-0.05, 0) is 179 Å². The van der Waals surface area contributed by atoms with Gasteiger partial charge in [0.25, 0.3) is 6.47 Å². The first-order valence-electron chi connectivity index (χ1n) is 27.9. The van der Waals surface area contributed by atoms with Crippen molar-refractivity contribution in [3.63, 3.8) is 0 Å². The Labute approximate surface area is 741 Å². The monoisotopic (exact) mass is 2010 g/mol.